The first kappa shape index (κ1) is 15.7. The molecule has 1 unspecified atom stereocenters. The van der Waals surface area contributed by atoms with Crippen molar-refractivity contribution in [3.63, 3.8) is 0 Å². The molecule has 0 aromatic heterocycles. The number of sulfonamides is 1. The molecule has 0 bridgehead atoms. The average molecular weight is 324 g/mol. The number of sulfone groups is 1. The minimum Gasteiger partial charge on any atom is -0.342 e. The van der Waals surface area contributed by atoms with E-state index >= 15 is 0 Å². The summed E-state index contributed by atoms with van der Waals surface area (Å²) in [7, 11) is -6.79. The topological polar surface area (TPSA) is 91.8 Å². The minimum absolute atomic E-state index is 0.0123. The number of hydrogen-bond donors (Lipinski definition) is 0. The first-order chi connectivity index (χ1) is 9.19. The highest BCUT2D eigenvalue weighted by Gasteiger charge is 2.38. The van der Waals surface area contributed by atoms with Crippen LogP contribution in [0.1, 0.15) is 19.3 Å². The van der Waals surface area contributed by atoms with Crippen molar-refractivity contribution >= 4 is 25.8 Å². The maximum absolute atomic E-state index is 12.1. The lowest BCUT2D eigenvalue weighted by molar-refractivity contribution is -0.130. The highest BCUT2D eigenvalue weighted by molar-refractivity contribution is 7.92. The Balaban J connectivity index is 2.11. The zero-order valence-corrected chi connectivity index (χ0v) is 13.1. The monoisotopic (exact) mass is 324 g/mol. The van der Waals surface area contributed by atoms with E-state index in [-0.39, 0.29) is 30.4 Å². The number of amides is 1. The number of likely N-dealkylation sites (tertiary alicyclic amines) is 1. The number of rotatable bonds is 4. The van der Waals surface area contributed by atoms with Crippen LogP contribution < -0.4 is 0 Å². The summed E-state index contributed by atoms with van der Waals surface area (Å²) < 4.78 is 47.7. The van der Waals surface area contributed by atoms with Gasteiger partial charge in [0, 0.05) is 19.1 Å². The molecule has 20 heavy (non-hydrogen) atoms. The van der Waals surface area contributed by atoms with Crippen LogP contribution in [0.5, 0.6) is 0 Å². The van der Waals surface area contributed by atoms with E-state index in [0.29, 0.717) is 13.1 Å². The van der Waals surface area contributed by atoms with E-state index in [1.807, 2.05) is 0 Å². The first-order valence-electron chi connectivity index (χ1n) is 6.64. The second-order valence-electron chi connectivity index (χ2n) is 5.45. The van der Waals surface area contributed by atoms with Gasteiger partial charge in [0.15, 0.2) is 9.84 Å². The summed E-state index contributed by atoms with van der Waals surface area (Å²) >= 11 is 0. The molecular formula is C11H20N2O5S2. The van der Waals surface area contributed by atoms with E-state index in [2.05, 4.69) is 0 Å². The summed E-state index contributed by atoms with van der Waals surface area (Å²) in [5, 5.41) is 0. The van der Waals surface area contributed by atoms with E-state index in [0.717, 1.165) is 23.4 Å². The molecule has 2 fully saturated rings. The van der Waals surface area contributed by atoms with Crippen LogP contribution >= 0.6 is 0 Å². The largest absolute Gasteiger partial charge is 0.342 e. The molecule has 0 aromatic carbocycles. The van der Waals surface area contributed by atoms with Gasteiger partial charge in [0.25, 0.3) is 0 Å². The molecule has 9 heteroatoms. The number of carbonyl (C=O) groups is 1. The molecule has 0 aliphatic carbocycles. The third-order valence-corrected chi connectivity index (χ3v) is 6.82. The van der Waals surface area contributed by atoms with Crippen molar-refractivity contribution in [3.05, 3.63) is 0 Å². The summed E-state index contributed by atoms with van der Waals surface area (Å²) in [6.45, 7) is 1.05. The van der Waals surface area contributed by atoms with Crippen LogP contribution in [0.3, 0.4) is 0 Å². The fraction of sp³-hybridized carbons (Fsp3) is 0.909. The van der Waals surface area contributed by atoms with Gasteiger partial charge in [-0.3, -0.25) is 4.79 Å². The Hall–Kier alpha value is -0.670. The third kappa shape index (κ3) is 3.70. The van der Waals surface area contributed by atoms with Gasteiger partial charge in [-0.05, 0) is 19.3 Å². The van der Waals surface area contributed by atoms with Crippen LogP contribution in [0.2, 0.25) is 0 Å². The molecule has 2 heterocycles. The minimum atomic E-state index is -3.60. The summed E-state index contributed by atoms with van der Waals surface area (Å²) in [6.07, 6.45) is 3.16. The fourth-order valence-corrected chi connectivity index (χ4v) is 5.61. The molecule has 1 amide bonds. The molecule has 0 radical (unpaired) electrons. The Bertz CT molecular complexity index is 578. The first-order valence-corrected chi connectivity index (χ1v) is 10.3. The van der Waals surface area contributed by atoms with E-state index in [1.54, 1.807) is 4.90 Å². The second-order valence-corrected chi connectivity index (χ2v) is 9.62. The van der Waals surface area contributed by atoms with Crippen molar-refractivity contribution in [2.45, 2.75) is 25.3 Å². The van der Waals surface area contributed by atoms with Crippen molar-refractivity contribution in [2.75, 3.05) is 37.4 Å². The molecule has 1 atom stereocenters. The van der Waals surface area contributed by atoms with Crippen molar-refractivity contribution in [1.82, 2.24) is 9.21 Å². The molecule has 0 N–H and O–H groups in total. The highest BCUT2D eigenvalue weighted by atomic mass is 32.2. The predicted octanol–water partition coefficient (Wildman–Crippen LogP) is -0.942. The Kier molecular flexibility index (Phi) is 4.41. The molecule has 2 saturated heterocycles. The van der Waals surface area contributed by atoms with E-state index in [4.69, 9.17) is 0 Å². The van der Waals surface area contributed by atoms with Crippen molar-refractivity contribution in [3.8, 4) is 0 Å². The van der Waals surface area contributed by atoms with Crippen LogP contribution in [0.4, 0.5) is 0 Å². The Morgan fingerprint density at radius 3 is 2.35 bits per heavy atom. The van der Waals surface area contributed by atoms with Gasteiger partial charge in [-0.25, -0.2) is 16.8 Å². The molecule has 2 rings (SSSR count). The van der Waals surface area contributed by atoms with Gasteiger partial charge in [0.1, 0.15) is 0 Å². The molecular weight excluding hydrogens is 304 g/mol. The Morgan fingerprint density at radius 1 is 1.30 bits per heavy atom. The lowest BCUT2D eigenvalue weighted by Crippen LogP contribution is -2.47. The predicted molar refractivity (Wildman–Crippen MR) is 74.4 cm³/mol. The second kappa shape index (κ2) is 5.61. The lowest BCUT2D eigenvalue weighted by atomic mass is 10.2. The van der Waals surface area contributed by atoms with Gasteiger partial charge in [-0.2, -0.15) is 4.31 Å². The molecule has 0 aromatic rings. The molecule has 2 aliphatic rings. The molecule has 0 saturated carbocycles. The van der Waals surface area contributed by atoms with Crippen LogP contribution in [-0.4, -0.2) is 75.4 Å². The zero-order chi connectivity index (χ0) is 15.0. The van der Waals surface area contributed by atoms with Crippen LogP contribution in [0, 0.1) is 0 Å². The van der Waals surface area contributed by atoms with Crippen LogP contribution in [-0.2, 0) is 24.7 Å². The summed E-state index contributed by atoms with van der Waals surface area (Å²) in [6, 6.07) is -0.610. The SMILES string of the molecule is CS(=O)(=O)N(CC(=O)N1CCCC1)C1CCS(=O)(=O)C1. The van der Waals surface area contributed by atoms with Crippen molar-refractivity contribution in [2.24, 2.45) is 0 Å². The Morgan fingerprint density at radius 2 is 1.90 bits per heavy atom. The van der Waals surface area contributed by atoms with Gasteiger partial charge in [-0.15, -0.1) is 0 Å². The highest BCUT2D eigenvalue weighted by Crippen LogP contribution is 2.20. The van der Waals surface area contributed by atoms with E-state index in [9.17, 15) is 21.6 Å². The standard InChI is InChI=1S/C11H20N2O5S2/c1-19(15,16)13(10-4-7-20(17,18)9-10)8-11(14)12-5-2-3-6-12/h10H,2-9H2,1H3. The zero-order valence-electron chi connectivity index (χ0n) is 11.5. The summed E-state index contributed by atoms with van der Waals surface area (Å²) in [5.41, 5.74) is 0. The average Bonchev–Trinajstić information content (AvgIpc) is 2.93. The van der Waals surface area contributed by atoms with Gasteiger partial charge in [0.2, 0.25) is 15.9 Å². The van der Waals surface area contributed by atoms with Gasteiger partial charge < -0.3 is 4.90 Å². The smallest absolute Gasteiger partial charge is 0.237 e. The lowest BCUT2D eigenvalue weighted by Gasteiger charge is -2.27. The molecule has 0 spiro atoms. The summed E-state index contributed by atoms with van der Waals surface area (Å²) in [4.78, 5) is 13.7. The van der Waals surface area contributed by atoms with Gasteiger partial charge in [-0.1, -0.05) is 0 Å². The van der Waals surface area contributed by atoms with Crippen LogP contribution in [0.15, 0.2) is 0 Å². The maximum atomic E-state index is 12.1. The fourth-order valence-electron chi connectivity index (χ4n) is 2.72. The Labute approximate surface area is 119 Å². The maximum Gasteiger partial charge on any atom is 0.237 e. The van der Waals surface area contributed by atoms with E-state index < -0.39 is 25.9 Å². The molecule has 7 nitrogen and oxygen atoms in total. The number of hydrogen-bond acceptors (Lipinski definition) is 5. The third-order valence-electron chi connectivity index (χ3n) is 3.79. The quantitative estimate of drug-likeness (QED) is 0.665. The van der Waals surface area contributed by atoms with Gasteiger partial charge in [0.05, 0.1) is 24.3 Å². The number of nitrogens with zero attached hydrogens (tertiary/aromatic N) is 2. The normalized spacial score (nSPS) is 26.3. The van der Waals surface area contributed by atoms with Gasteiger partial charge >= 0.3 is 0 Å². The summed E-state index contributed by atoms with van der Waals surface area (Å²) in [5.74, 6) is -0.438. The number of carbonyl (C=O) groups excluding carboxylic acids is 1. The molecule has 2 aliphatic heterocycles. The van der Waals surface area contributed by atoms with Crippen LogP contribution in [0.25, 0.3) is 0 Å². The molecule has 116 valence electrons. The van der Waals surface area contributed by atoms with E-state index in [1.165, 1.54) is 0 Å². The van der Waals surface area contributed by atoms with Crippen molar-refractivity contribution < 1.29 is 21.6 Å². The van der Waals surface area contributed by atoms with Crippen molar-refractivity contribution in [1.29, 1.82) is 0 Å².